The van der Waals surface area contributed by atoms with Crippen LogP contribution in [-0.4, -0.2) is 51.2 Å². The smallest absolute Gasteiger partial charge is 0.231 e. The zero-order valence-electron chi connectivity index (χ0n) is 15.4. The van der Waals surface area contributed by atoms with Gasteiger partial charge in [-0.1, -0.05) is 0 Å². The summed E-state index contributed by atoms with van der Waals surface area (Å²) in [4.78, 5) is 16.1. The van der Waals surface area contributed by atoms with Crippen LogP contribution in [0, 0.1) is 5.92 Å². The minimum absolute atomic E-state index is 0.161. The van der Waals surface area contributed by atoms with E-state index in [4.69, 9.17) is 9.47 Å². The number of nitrogens with zero attached hydrogens (tertiary/aromatic N) is 1. The molecule has 0 radical (unpaired) electrons. The molecule has 1 fully saturated rings. The molecule has 1 saturated heterocycles. The van der Waals surface area contributed by atoms with E-state index in [-0.39, 0.29) is 5.92 Å². The second-order valence-corrected chi connectivity index (χ2v) is 6.42. The number of hydrogen-bond donors (Lipinski definition) is 1. The summed E-state index contributed by atoms with van der Waals surface area (Å²) in [5.74, 6) is 2.00. The number of piperidine rings is 1. The van der Waals surface area contributed by atoms with Crippen molar-refractivity contribution in [2.45, 2.75) is 33.2 Å². The van der Waals surface area contributed by atoms with Crippen LogP contribution >= 0.6 is 0 Å². The van der Waals surface area contributed by atoms with Crippen LogP contribution in [0.5, 0.6) is 11.5 Å². The van der Waals surface area contributed by atoms with Crippen molar-refractivity contribution >= 4 is 5.91 Å². The maximum Gasteiger partial charge on any atom is 0.231 e. The Bertz CT molecular complexity index is 543. The molecule has 0 aliphatic carbocycles. The average Bonchev–Trinajstić information content (AvgIpc) is 2.62. The fourth-order valence-electron chi connectivity index (χ4n) is 3.60. The Labute approximate surface area is 145 Å². The lowest BCUT2D eigenvalue weighted by Gasteiger charge is -2.32. The topological polar surface area (TPSA) is 43.2 Å². The standard InChI is InChI=1S/C19H30N2O3/c1-5-21(6-2)19(22)16-8-7-11-20(14-16)13-15-9-10-17(23-3)18(12-15)24-4/h9-10,12,16H,5-8,11,13-14H2,1-4H3/p+1/t16-/m1/s1. The summed E-state index contributed by atoms with van der Waals surface area (Å²) >= 11 is 0. The van der Waals surface area contributed by atoms with E-state index < -0.39 is 0 Å². The molecule has 1 aliphatic heterocycles. The van der Waals surface area contributed by atoms with Crippen molar-refractivity contribution in [2.24, 2.45) is 5.92 Å². The Hall–Kier alpha value is -1.75. The summed E-state index contributed by atoms with van der Waals surface area (Å²) in [6, 6.07) is 6.09. The van der Waals surface area contributed by atoms with Gasteiger partial charge in [-0.05, 0) is 44.9 Å². The number of benzene rings is 1. The summed E-state index contributed by atoms with van der Waals surface area (Å²) in [5, 5.41) is 0. The molecule has 2 atom stereocenters. The third-order valence-electron chi connectivity index (χ3n) is 4.94. The number of hydrogen-bond acceptors (Lipinski definition) is 3. The molecule has 1 aromatic rings. The van der Waals surface area contributed by atoms with Gasteiger partial charge >= 0.3 is 0 Å². The van der Waals surface area contributed by atoms with Crippen LogP contribution in [-0.2, 0) is 11.3 Å². The van der Waals surface area contributed by atoms with Gasteiger partial charge in [0.1, 0.15) is 6.54 Å². The summed E-state index contributed by atoms with van der Waals surface area (Å²) in [7, 11) is 3.31. The molecule has 1 unspecified atom stereocenters. The van der Waals surface area contributed by atoms with E-state index in [1.54, 1.807) is 14.2 Å². The van der Waals surface area contributed by atoms with E-state index in [0.717, 1.165) is 57.1 Å². The molecule has 24 heavy (non-hydrogen) atoms. The van der Waals surface area contributed by atoms with Crippen LogP contribution in [0.4, 0.5) is 0 Å². The lowest BCUT2D eigenvalue weighted by molar-refractivity contribution is -0.921. The van der Waals surface area contributed by atoms with Crippen LogP contribution in [0.25, 0.3) is 0 Å². The van der Waals surface area contributed by atoms with E-state index in [0.29, 0.717) is 5.91 Å². The first-order valence-corrected chi connectivity index (χ1v) is 8.96. The van der Waals surface area contributed by atoms with E-state index in [1.165, 1.54) is 10.5 Å². The number of carbonyl (C=O) groups is 1. The molecule has 1 N–H and O–H groups in total. The van der Waals surface area contributed by atoms with Gasteiger partial charge in [-0.15, -0.1) is 0 Å². The number of carbonyl (C=O) groups excluding carboxylic acids is 1. The van der Waals surface area contributed by atoms with Crippen LogP contribution in [0.15, 0.2) is 18.2 Å². The number of likely N-dealkylation sites (tertiary alicyclic amines) is 1. The number of amides is 1. The molecule has 5 heteroatoms. The first kappa shape index (κ1) is 18.6. The lowest BCUT2D eigenvalue weighted by Crippen LogP contribution is -3.12. The Morgan fingerprint density at radius 2 is 1.92 bits per heavy atom. The Balaban J connectivity index is 2.01. The average molecular weight is 335 g/mol. The molecule has 0 bridgehead atoms. The third kappa shape index (κ3) is 4.41. The van der Waals surface area contributed by atoms with E-state index in [1.807, 2.05) is 17.0 Å². The molecule has 1 aromatic carbocycles. The van der Waals surface area contributed by atoms with Crippen LogP contribution in [0.2, 0.25) is 0 Å². The molecule has 1 amide bonds. The summed E-state index contributed by atoms with van der Waals surface area (Å²) in [6.07, 6.45) is 2.13. The normalized spacial score (nSPS) is 20.5. The minimum Gasteiger partial charge on any atom is -0.493 e. The summed E-state index contributed by atoms with van der Waals surface area (Å²) in [6.45, 7) is 8.67. The van der Waals surface area contributed by atoms with Crippen molar-refractivity contribution in [3.05, 3.63) is 23.8 Å². The van der Waals surface area contributed by atoms with Crippen molar-refractivity contribution in [3.63, 3.8) is 0 Å². The Morgan fingerprint density at radius 3 is 2.54 bits per heavy atom. The number of ether oxygens (including phenoxy) is 2. The van der Waals surface area contributed by atoms with Gasteiger partial charge in [-0.3, -0.25) is 4.79 Å². The number of methoxy groups -OCH3 is 2. The van der Waals surface area contributed by atoms with Crippen molar-refractivity contribution in [2.75, 3.05) is 40.4 Å². The number of quaternary nitrogens is 1. The maximum absolute atomic E-state index is 12.6. The predicted molar refractivity (Wildman–Crippen MR) is 94.6 cm³/mol. The van der Waals surface area contributed by atoms with Crippen LogP contribution in [0.3, 0.4) is 0 Å². The van der Waals surface area contributed by atoms with Crippen molar-refractivity contribution < 1.29 is 19.2 Å². The third-order valence-corrected chi connectivity index (χ3v) is 4.94. The van der Waals surface area contributed by atoms with E-state index in [9.17, 15) is 4.79 Å². The Kier molecular flexibility index (Phi) is 6.91. The predicted octanol–water partition coefficient (Wildman–Crippen LogP) is 1.37. The highest BCUT2D eigenvalue weighted by Crippen LogP contribution is 2.27. The maximum atomic E-state index is 12.6. The zero-order valence-corrected chi connectivity index (χ0v) is 15.4. The fraction of sp³-hybridized carbons (Fsp3) is 0.632. The highest BCUT2D eigenvalue weighted by molar-refractivity contribution is 5.78. The van der Waals surface area contributed by atoms with Crippen LogP contribution < -0.4 is 14.4 Å². The molecule has 1 aliphatic rings. The highest BCUT2D eigenvalue weighted by atomic mass is 16.5. The zero-order chi connectivity index (χ0) is 17.5. The molecule has 134 valence electrons. The van der Waals surface area contributed by atoms with Crippen LogP contribution in [0.1, 0.15) is 32.3 Å². The van der Waals surface area contributed by atoms with Gasteiger partial charge in [0.15, 0.2) is 11.5 Å². The second-order valence-electron chi connectivity index (χ2n) is 6.42. The summed E-state index contributed by atoms with van der Waals surface area (Å²) in [5.41, 5.74) is 1.22. The van der Waals surface area contributed by atoms with Gasteiger partial charge in [0, 0.05) is 18.7 Å². The first-order valence-electron chi connectivity index (χ1n) is 8.96. The number of nitrogens with one attached hydrogen (secondary N) is 1. The molecule has 2 rings (SSSR count). The quantitative estimate of drug-likeness (QED) is 0.818. The molecular formula is C19H31N2O3+. The van der Waals surface area contributed by atoms with Gasteiger partial charge < -0.3 is 19.3 Å². The Morgan fingerprint density at radius 1 is 1.21 bits per heavy atom. The van der Waals surface area contributed by atoms with Gasteiger partial charge in [0.05, 0.1) is 33.2 Å². The second kappa shape index (κ2) is 8.92. The molecule has 1 heterocycles. The van der Waals surface area contributed by atoms with Gasteiger partial charge in [-0.2, -0.15) is 0 Å². The van der Waals surface area contributed by atoms with Crippen molar-refractivity contribution in [1.29, 1.82) is 0 Å². The molecule has 0 saturated carbocycles. The van der Waals surface area contributed by atoms with Gasteiger partial charge in [0.2, 0.25) is 5.91 Å². The molecular weight excluding hydrogens is 304 g/mol. The number of rotatable bonds is 7. The summed E-state index contributed by atoms with van der Waals surface area (Å²) < 4.78 is 10.7. The van der Waals surface area contributed by atoms with E-state index >= 15 is 0 Å². The molecule has 0 aromatic heterocycles. The fourth-order valence-corrected chi connectivity index (χ4v) is 3.60. The monoisotopic (exact) mass is 335 g/mol. The molecule has 0 spiro atoms. The first-order chi connectivity index (χ1) is 11.6. The SMILES string of the molecule is CCN(CC)C(=O)[C@@H]1CCC[NH+](Cc2ccc(OC)c(OC)c2)C1. The lowest BCUT2D eigenvalue weighted by atomic mass is 9.96. The minimum atomic E-state index is 0.161. The van der Waals surface area contributed by atoms with Crippen molar-refractivity contribution in [3.8, 4) is 11.5 Å². The highest BCUT2D eigenvalue weighted by Gasteiger charge is 2.30. The van der Waals surface area contributed by atoms with Gasteiger partial charge in [0.25, 0.3) is 0 Å². The van der Waals surface area contributed by atoms with Crippen molar-refractivity contribution in [1.82, 2.24) is 4.90 Å². The van der Waals surface area contributed by atoms with E-state index in [2.05, 4.69) is 19.9 Å². The largest absolute Gasteiger partial charge is 0.493 e. The molecule has 5 nitrogen and oxygen atoms in total. The van der Waals surface area contributed by atoms with Gasteiger partial charge in [-0.25, -0.2) is 0 Å².